The van der Waals surface area contributed by atoms with Gasteiger partial charge in [-0.3, -0.25) is 0 Å². The SMILES string of the molecule is COC(=O)C1(Nc2ccc(Br)cc2)CCCC(C2CC2)C1. The number of rotatable bonds is 4. The minimum absolute atomic E-state index is 0.115. The first-order chi connectivity index (χ1) is 10.1. The minimum Gasteiger partial charge on any atom is -0.467 e. The van der Waals surface area contributed by atoms with E-state index < -0.39 is 5.54 Å². The Hall–Kier alpha value is -1.03. The number of methoxy groups -OCH3 is 1. The number of hydrogen-bond donors (Lipinski definition) is 1. The van der Waals surface area contributed by atoms with Crippen LogP contribution in [0.5, 0.6) is 0 Å². The fourth-order valence-corrected chi connectivity index (χ4v) is 3.91. The van der Waals surface area contributed by atoms with Gasteiger partial charge in [-0.05, 0) is 68.2 Å². The molecule has 1 N–H and O–H groups in total. The van der Waals surface area contributed by atoms with Crippen LogP contribution >= 0.6 is 15.9 Å². The number of carbonyl (C=O) groups is 1. The lowest BCUT2D eigenvalue weighted by molar-refractivity contribution is -0.148. The lowest BCUT2D eigenvalue weighted by Crippen LogP contribution is -2.50. The highest BCUT2D eigenvalue weighted by Gasteiger charge is 2.47. The minimum atomic E-state index is -0.548. The Balaban J connectivity index is 1.82. The van der Waals surface area contributed by atoms with Gasteiger partial charge in [0.15, 0.2) is 0 Å². The summed E-state index contributed by atoms with van der Waals surface area (Å²) in [5, 5.41) is 3.49. The summed E-state index contributed by atoms with van der Waals surface area (Å²) < 4.78 is 6.17. The van der Waals surface area contributed by atoms with Crippen LogP contribution in [0, 0.1) is 11.8 Å². The van der Waals surface area contributed by atoms with Gasteiger partial charge < -0.3 is 10.1 Å². The zero-order valence-corrected chi connectivity index (χ0v) is 14.0. The number of halogens is 1. The lowest BCUT2D eigenvalue weighted by Gasteiger charge is -2.40. The number of carbonyl (C=O) groups excluding carboxylic acids is 1. The molecule has 2 aliphatic carbocycles. The second-order valence-corrected chi connectivity index (χ2v) is 7.32. The Morgan fingerprint density at radius 2 is 1.95 bits per heavy atom. The van der Waals surface area contributed by atoms with Crippen LogP contribution in [0.1, 0.15) is 38.5 Å². The molecule has 2 atom stereocenters. The van der Waals surface area contributed by atoms with Crippen LogP contribution in [0.15, 0.2) is 28.7 Å². The molecular formula is C17H22BrNO2. The van der Waals surface area contributed by atoms with E-state index in [1.54, 1.807) is 0 Å². The van der Waals surface area contributed by atoms with Gasteiger partial charge in [-0.15, -0.1) is 0 Å². The Morgan fingerprint density at radius 3 is 2.57 bits per heavy atom. The molecule has 0 saturated heterocycles. The number of hydrogen-bond acceptors (Lipinski definition) is 3. The molecule has 3 nitrogen and oxygen atoms in total. The summed E-state index contributed by atoms with van der Waals surface area (Å²) in [6.07, 6.45) is 6.78. The van der Waals surface area contributed by atoms with Crippen LogP contribution in [-0.2, 0) is 9.53 Å². The molecule has 0 heterocycles. The highest BCUT2D eigenvalue weighted by Crippen LogP contribution is 2.47. The van der Waals surface area contributed by atoms with E-state index in [0.717, 1.165) is 35.3 Å². The third-order valence-electron chi connectivity index (χ3n) is 4.88. The second-order valence-electron chi connectivity index (χ2n) is 6.40. The fourth-order valence-electron chi connectivity index (χ4n) is 3.64. The van der Waals surface area contributed by atoms with Gasteiger partial charge in [0.1, 0.15) is 5.54 Å². The molecule has 0 amide bonds. The van der Waals surface area contributed by atoms with Crippen molar-refractivity contribution in [2.24, 2.45) is 11.8 Å². The lowest BCUT2D eigenvalue weighted by atomic mass is 9.73. The average Bonchev–Trinajstić information content (AvgIpc) is 3.34. The molecule has 2 fully saturated rings. The van der Waals surface area contributed by atoms with Crippen molar-refractivity contribution in [2.75, 3.05) is 12.4 Å². The summed E-state index contributed by atoms with van der Waals surface area (Å²) in [5.41, 5.74) is 0.439. The van der Waals surface area contributed by atoms with Crippen LogP contribution in [0.4, 0.5) is 5.69 Å². The molecule has 0 radical (unpaired) electrons. The van der Waals surface area contributed by atoms with E-state index in [4.69, 9.17) is 4.74 Å². The standard InChI is InChI=1S/C17H22BrNO2/c1-21-16(20)17(19-15-8-6-14(18)7-9-15)10-2-3-13(11-17)12-4-5-12/h6-9,12-13,19H,2-5,10-11H2,1H3. The van der Waals surface area contributed by atoms with Crippen molar-refractivity contribution in [3.8, 4) is 0 Å². The average molecular weight is 352 g/mol. The molecule has 0 aromatic heterocycles. The van der Waals surface area contributed by atoms with Crippen molar-refractivity contribution in [3.05, 3.63) is 28.7 Å². The molecule has 0 spiro atoms. The van der Waals surface area contributed by atoms with Crippen molar-refractivity contribution in [1.82, 2.24) is 0 Å². The van der Waals surface area contributed by atoms with Gasteiger partial charge in [-0.25, -0.2) is 4.79 Å². The van der Waals surface area contributed by atoms with E-state index in [0.29, 0.717) is 5.92 Å². The third-order valence-corrected chi connectivity index (χ3v) is 5.41. The van der Waals surface area contributed by atoms with Crippen molar-refractivity contribution in [3.63, 3.8) is 0 Å². The molecule has 0 bridgehead atoms. The zero-order chi connectivity index (χ0) is 14.9. The normalized spacial score (nSPS) is 29.0. The van der Waals surface area contributed by atoms with E-state index in [1.807, 2.05) is 24.3 Å². The maximum absolute atomic E-state index is 12.5. The monoisotopic (exact) mass is 351 g/mol. The molecule has 2 aliphatic rings. The van der Waals surface area contributed by atoms with E-state index in [9.17, 15) is 4.79 Å². The molecule has 2 saturated carbocycles. The molecule has 3 rings (SSSR count). The van der Waals surface area contributed by atoms with Crippen LogP contribution in [0.3, 0.4) is 0 Å². The predicted molar refractivity (Wildman–Crippen MR) is 87.2 cm³/mol. The van der Waals surface area contributed by atoms with Crippen molar-refractivity contribution < 1.29 is 9.53 Å². The summed E-state index contributed by atoms with van der Waals surface area (Å²) in [6, 6.07) is 8.01. The van der Waals surface area contributed by atoms with Gasteiger partial charge in [0.25, 0.3) is 0 Å². The van der Waals surface area contributed by atoms with Crippen molar-refractivity contribution in [1.29, 1.82) is 0 Å². The fraction of sp³-hybridized carbons (Fsp3) is 0.588. The number of esters is 1. The summed E-state index contributed by atoms with van der Waals surface area (Å²) in [7, 11) is 1.49. The highest BCUT2D eigenvalue weighted by molar-refractivity contribution is 9.10. The first-order valence-corrected chi connectivity index (χ1v) is 8.54. The van der Waals surface area contributed by atoms with Gasteiger partial charge in [-0.1, -0.05) is 22.4 Å². The summed E-state index contributed by atoms with van der Waals surface area (Å²) in [6.45, 7) is 0. The van der Waals surface area contributed by atoms with Crippen molar-refractivity contribution in [2.45, 2.75) is 44.1 Å². The molecule has 0 aliphatic heterocycles. The summed E-state index contributed by atoms with van der Waals surface area (Å²) in [5.74, 6) is 1.39. The number of anilines is 1. The molecule has 1 aromatic carbocycles. The van der Waals surface area contributed by atoms with Gasteiger partial charge >= 0.3 is 5.97 Å². The third kappa shape index (κ3) is 3.25. The maximum atomic E-state index is 12.5. The van der Waals surface area contributed by atoms with Gasteiger partial charge in [0.05, 0.1) is 7.11 Å². The van der Waals surface area contributed by atoms with Crippen LogP contribution in [-0.4, -0.2) is 18.6 Å². The molecule has 1 aromatic rings. The number of benzene rings is 1. The van der Waals surface area contributed by atoms with Gasteiger partial charge in [0, 0.05) is 10.2 Å². The van der Waals surface area contributed by atoms with Crippen molar-refractivity contribution >= 4 is 27.6 Å². The largest absolute Gasteiger partial charge is 0.467 e. The second kappa shape index (κ2) is 5.99. The Labute approximate surface area is 134 Å². The topological polar surface area (TPSA) is 38.3 Å². The smallest absolute Gasteiger partial charge is 0.331 e. The van der Waals surface area contributed by atoms with Crippen LogP contribution in [0.25, 0.3) is 0 Å². The van der Waals surface area contributed by atoms with E-state index in [-0.39, 0.29) is 5.97 Å². The quantitative estimate of drug-likeness (QED) is 0.818. The van der Waals surface area contributed by atoms with E-state index in [1.165, 1.54) is 26.4 Å². The van der Waals surface area contributed by atoms with Gasteiger partial charge in [-0.2, -0.15) is 0 Å². The number of ether oxygens (including phenoxy) is 1. The molecule has 114 valence electrons. The van der Waals surface area contributed by atoms with Gasteiger partial charge in [0.2, 0.25) is 0 Å². The Kier molecular flexibility index (Phi) is 4.25. The first kappa shape index (κ1) is 14.9. The summed E-state index contributed by atoms with van der Waals surface area (Å²) in [4.78, 5) is 12.5. The summed E-state index contributed by atoms with van der Waals surface area (Å²) >= 11 is 3.44. The molecular weight excluding hydrogens is 330 g/mol. The van der Waals surface area contributed by atoms with Crippen LogP contribution in [0.2, 0.25) is 0 Å². The predicted octanol–water partition coefficient (Wildman–Crippen LogP) is 4.37. The maximum Gasteiger partial charge on any atom is 0.331 e. The molecule has 2 unspecified atom stereocenters. The highest BCUT2D eigenvalue weighted by atomic mass is 79.9. The van der Waals surface area contributed by atoms with E-state index in [2.05, 4.69) is 21.2 Å². The van der Waals surface area contributed by atoms with Crippen LogP contribution < -0.4 is 5.32 Å². The molecule has 21 heavy (non-hydrogen) atoms. The Bertz CT molecular complexity index is 512. The molecule has 4 heteroatoms. The van der Waals surface area contributed by atoms with E-state index >= 15 is 0 Å². The zero-order valence-electron chi connectivity index (χ0n) is 12.4. The first-order valence-electron chi connectivity index (χ1n) is 7.75. The Morgan fingerprint density at radius 1 is 1.24 bits per heavy atom. The number of nitrogens with one attached hydrogen (secondary N) is 1.